The Balaban J connectivity index is 1.83. The van der Waals surface area contributed by atoms with E-state index in [4.69, 9.17) is 4.42 Å². The predicted molar refractivity (Wildman–Crippen MR) is 53.6 cm³/mol. The van der Waals surface area contributed by atoms with E-state index < -0.39 is 0 Å². The molecule has 0 saturated heterocycles. The average molecular weight is 242 g/mol. The summed E-state index contributed by atoms with van der Waals surface area (Å²) in [5.41, 5.74) is 1.38. The quantitative estimate of drug-likeness (QED) is 0.862. The zero-order valence-corrected chi connectivity index (χ0v) is 8.93. The van der Waals surface area contributed by atoms with E-state index >= 15 is 0 Å². The van der Waals surface area contributed by atoms with E-state index in [-0.39, 0.29) is 0 Å². The van der Waals surface area contributed by atoms with E-state index in [0.717, 1.165) is 17.1 Å². The maximum atomic E-state index is 5.62. The summed E-state index contributed by atoms with van der Waals surface area (Å²) in [6.45, 7) is 0. The Hall–Kier alpha value is -0.280. The van der Waals surface area contributed by atoms with Crippen LogP contribution < -0.4 is 5.32 Å². The van der Waals surface area contributed by atoms with Gasteiger partial charge in [-0.1, -0.05) is 0 Å². The van der Waals surface area contributed by atoms with Gasteiger partial charge in [0.05, 0.1) is 6.04 Å². The highest BCUT2D eigenvalue weighted by atomic mass is 79.9. The molecule has 70 valence electrons. The lowest BCUT2D eigenvalue weighted by atomic mass is 10.2. The lowest BCUT2D eigenvalue weighted by molar-refractivity contribution is 0.406. The smallest absolute Gasteiger partial charge is 0.169 e. The predicted octanol–water partition coefficient (Wildman–Crippen LogP) is 2.78. The fourth-order valence-corrected chi connectivity index (χ4v) is 2.47. The Kier molecular flexibility index (Phi) is 1.77. The number of hydrogen-bond acceptors (Lipinski definition) is 2. The Bertz CT molecular complexity index is 330. The van der Waals surface area contributed by atoms with Crippen LogP contribution in [-0.2, 0) is 6.42 Å². The van der Waals surface area contributed by atoms with E-state index in [0.29, 0.717) is 6.04 Å². The van der Waals surface area contributed by atoms with Crippen molar-refractivity contribution in [3.8, 4) is 0 Å². The van der Waals surface area contributed by atoms with Gasteiger partial charge in [-0.15, -0.1) is 0 Å². The van der Waals surface area contributed by atoms with Crippen molar-refractivity contribution in [2.24, 2.45) is 0 Å². The Labute approximate surface area is 85.8 Å². The first-order valence-corrected chi connectivity index (χ1v) is 5.66. The lowest BCUT2D eigenvalue weighted by Crippen LogP contribution is -2.20. The highest BCUT2D eigenvalue weighted by molar-refractivity contribution is 9.10. The van der Waals surface area contributed by atoms with Gasteiger partial charge in [-0.25, -0.2) is 0 Å². The molecule has 3 rings (SSSR count). The van der Waals surface area contributed by atoms with Gasteiger partial charge in [0.2, 0.25) is 0 Å². The third-order valence-corrected chi connectivity index (χ3v) is 3.24. The summed E-state index contributed by atoms with van der Waals surface area (Å²) >= 11 is 3.37. The van der Waals surface area contributed by atoms with Crippen molar-refractivity contribution in [2.45, 2.75) is 37.8 Å². The van der Waals surface area contributed by atoms with Crippen LogP contribution >= 0.6 is 15.9 Å². The number of nitrogens with one attached hydrogen (secondary N) is 1. The van der Waals surface area contributed by atoms with E-state index in [9.17, 15) is 0 Å². The summed E-state index contributed by atoms with van der Waals surface area (Å²) in [5, 5.41) is 3.61. The summed E-state index contributed by atoms with van der Waals surface area (Å²) in [5.74, 6) is 1.17. The average Bonchev–Trinajstić information content (AvgIpc) is 2.73. The number of halogens is 1. The number of aryl methyl sites for hydroxylation is 1. The van der Waals surface area contributed by atoms with Crippen molar-refractivity contribution in [3.05, 3.63) is 22.1 Å². The minimum Gasteiger partial charge on any atom is -0.452 e. The van der Waals surface area contributed by atoms with Crippen LogP contribution in [0.25, 0.3) is 0 Å². The third-order valence-electron chi connectivity index (χ3n) is 2.84. The molecule has 1 saturated carbocycles. The normalized spacial score (nSPS) is 26.4. The van der Waals surface area contributed by atoms with Crippen LogP contribution in [0.2, 0.25) is 0 Å². The highest BCUT2D eigenvalue weighted by Gasteiger charge is 2.32. The van der Waals surface area contributed by atoms with Crippen LogP contribution in [0.15, 0.2) is 15.2 Å². The number of hydrogen-bond donors (Lipinski definition) is 1. The first-order valence-electron chi connectivity index (χ1n) is 4.87. The molecule has 3 heteroatoms. The fraction of sp³-hybridized carbons (Fsp3) is 0.600. The summed E-state index contributed by atoms with van der Waals surface area (Å²) in [7, 11) is 0. The van der Waals surface area contributed by atoms with Gasteiger partial charge in [0.15, 0.2) is 4.67 Å². The zero-order valence-electron chi connectivity index (χ0n) is 7.35. The first-order chi connectivity index (χ1) is 6.33. The molecule has 1 fully saturated rings. The van der Waals surface area contributed by atoms with E-state index in [1.807, 2.05) is 0 Å². The van der Waals surface area contributed by atoms with Gasteiger partial charge in [0.1, 0.15) is 5.76 Å². The Morgan fingerprint density at radius 3 is 3.00 bits per heavy atom. The molecule has 2 aliphatic rings. The molecule has 13 heavy (non-hydrogen) atoms. The largest absolute Gasteiger partial charge is 0.452 e. The summed E-state index contributed by atoms with van der Waals surface area (Å²) in [6.07, 6.45) is 5.05. The molecule has 1 atom stereocenters. The SMILES string of the molecule is Brc1cc2c(o1)C(NC1CC1)CC2. The van der Waals surface area contributed by atoms with Gasteiger partial charge in [-0.3, -0.25) is 0 Å². The van der Waals surface area contributed by atoms with E-state index in [1.54, 1.807) is 0 Å². The minimum absolute atomic E-state index is 0.480. The molecular weight excluding hydrogens is 230 g/mol. The lowest BCUT2D eigenvalue weighted by Gasteiger charge is -2.09. The molecule has 1 aromatic rings. The van der Waals surface area contributed by atoms with Crippen molar-refractivity contribution >= 4 is 15.9 Å². The zero-order chi connectivity index (χ0) is 8.84. The standard InChI is InChI=1S/C10H12BrNO/c11-9-5-6-1-4-8(10(6)13-9)12-7-2-3-7/h5,7-8,12H,1-4H2. The number of furan rings is 1. The molecule has 0 aromatic carbocycles. The molecule has 1 unspecified atom stereocenters. The molecule has 1 heterocycles. The molecule has 1 N–H and O–H groups in total. The van der Waals surface area contributed by atoms with Crippen LogP contribution in [0.4, 0.5) is 0 Å². The van der Waals surface area contributed by atoms with Gasteiger partial charge in [0.25, 0.3) is 0 Å². The number of fused-ring (bicyclic) bond motifs is 1. The van der Waals surface area contributed by atoms with Crippen molar-refractivity contribution < 1.29 is 4.42 Å². The first kappa shape index (κ1) is 8.06. The van der Waals surface area contributed by atoms with Gasteiger partial charge >= 0.3 is 0 Å². The summed E-state index contributed by atoms with van der Waals surface area (Å²) in [6, 6.07) is 3.35. The second-order valence-corrected chi connectivity index (χ2v) is 4.75. The third kappa shape index (κ3) is 1.44. The number of rotatable bonds is 2. The van der Waals surface area contributed by atoms with Crippen LogP contribution in [0.5, 0.6) is 0 Å². The van der Waals surface area contributed by atoms with Gasteiger partial charge < -0.3 is 9.73 Å². The summed E-state index contributed by atoms with van der Waals surface area (Å²) < 4.78 is 6.50. The highest BCUT2D eigenvalue weighted by Crippen LogP contribution is 2.37. The second kappa shape index (κ2) is 2.85. The van der Waals surface area contributed by atoms with Crippen molar-refractivity contribution in [1.82, 2.24) is 5.32 Å². The van der Waals surface area contributed by atoms with Gasteiger partial charge in [-0.05, 0) is 53.2 Å². The molecule has 0 amide bonds. The Morgan fingerprint density at radius 2 is 2.23 bits per heavy atom. The van der Waals surface area contributed by atoms with Crippen LogP contribution in [-0.4, -0.2) is 6.04 Å². The molecule has 0 radical (unpaired) electrons. The molecule has 2 aliphatic carbocycles. The molecular formula is C10H12BrNO. The van der Waals surface area contributed by atoms with Crippen LogP contribution in [0.3, 0.4) is 0 Å². The van der Waals surface area contributed by atoms with Gasteiger partial charge in [-0.2, -0.15) is 0 Å². The van der Waals surface area contributed by atoms with Crippen LogP contribution in [0, 0.1) is 0 Å². The maximum Gasteiger partial charge on any atom is 0.169 e. The van der Waals surface area contributed by atoms with Crippen LogP contribution in [0.1, 0.15) is 36.6 Å². The topological polar surface area (TPSA) is 25.2 Å². The minimum atomic E-state index is 0.480. The van der Waals surface area contributed by atoms with Crippen molar-refractivity contribution in [2.75, 3.05) is 0 Å². The van der Waals surface area contributed by atoms with E-state index in [2.05, 4.69) is 27.3 Å². The molecule has 0 spiro atoms. The monoisotopic (exact) mass is 241 g/mol. The molecule has 0 aliphatic heterocycles. The Morgan fingerprint density at radius 1 is 1.38 bits per heavy atom. The van der Waals surface area contributed by atoms with E-state index in [1.165, 1.54) is 30.6 Å². The molecule has 2 nitrogen and oxygen atoms in total. The van der Waals surface area contributed by atoms with Crippen molar-refractivity contribution in [3.63, 3.8) is 0 Å². The fourth-order valence-electron chi connectivity index (χ4n) is 2.02. The van der Waals surface area contributed by atoms with Gasteiger partial charge in [0, 0.05) is 6.04 Å². The molecule has 0 bridgehead atoms. The van der Waals surface area contributed by atoms with Crippen molar-refractivity contribution in [1.29, 1.82) is 0 Å². The molecule has 1 aromatic heterocycles. The maximum absolute atomic E-state index is 5.62. The summed E-state index contributed by atoms with van der Waals surface area (Å²) in [4.78, 5) is 0. The second-order valence-electron chi connectivity index (χ2n) is 3.97.